The lowest BCUT2D eigenvalue weighted by atomic mass is 9.78. The molecule has 7 atom stereocenters. The topological polar surface area (TPSA) is 144 Å². The maximum absolute atomic E-state index is 13.9. The van der Waals surface area contributed by atoms with Gasteiger partial charge in [0.25, 0.3) is 0 Å². The second-order valence-corrected chi connectivity index (χ2v) is 15.0. The highest BCUT2D eigenvalue weighted by atomic mass is 32.2. The van der Waals surface area contributed by atoms with Crippen molar-refractivity contribution >= 4 is 21.8 Å². The van der Waals surface area contributed by atoms with E-state index in [-0.39, 0.29) is 42.2 Å². The fourth-order valence-corrected chi connectivity index (χ4v) is 8.55. The summed E-state index contributed by atoms with van der Waals surface area (Å²) in [6, 6.07) is 15.1. The molecular formula is C32H44N4O7S. The molecule has 7 unspecified atom stereocenters. The number of alkyl carbamates (subject to hydrolysis) is 1. The van der Waals surface area contributed by atoms with Gasteiger partial charge in [0.1, 0.15) is 6.10 Å². The largest absolute Gasteiger partial charge is 0.443 e. The highest BCUT2D eigenvalue weighted by Crippen LogP contribution is 2.46. The minimum Gasteiger partial charge on any atom is -0.443 e. The normalized spacial score (nSPS) is 28.2. The first-order chi connectivity index (χ1) is 21.1. The smallest absolute Gasteiger partial charge is 0.407 e. The molecule has 1 aliphatic carbocycles. The van der Waals surface area contributed by atoms with E-state index >= 15 is 0 Å². The number of hydrogen-bond donors (Lipinski definition) is 3. The van der Waals surface area contributed by atoms with E-state index in [0.717, 1.165) is 31.5 Å². The highest BCUT2D eigenvalue weighted by molar-refractivity contribution is 7.89. The molecule has 11 nitrogen and oxygen atoms in total. The van der Waals surface area contributed by atoms with Crippen molar-refractivity contribution < 1.29 is 32.5 Å². The number of carbonyl (C=O) groups excluding carboxylic acids is 1. The number of benzene rings is 2. The zero-order chi connectivity index (χ0) is 31.0. The Morgan fingerprint density at radius 3 is 2.55 bits per heavy atom. The van der Waals surface area contributed by atoms with Crippen LogP contribution in [0.3, 0.4) is 0 Å². The molecule has 1 amide bonds. The van der Waals surface area contributed by atoms with Crippen LogP contribution in [0.2, 0.25) is 0 Å². The maximum Gasteiger partial charge on any atom is 0.407 e. The van der Waals surface area contributed by atoms with E-state index in [9.17, 15) is 18.3 Å². The number of fused-ring (bicyclic) bond motifs is 2. The molecule has 1 saturated carbocycles. The molecule has 0 aromatic heterocycles. The van der Waals surface area contributed by atoms with Gasteiger partial charge in [-0.2, -0.15) is 4.31 Å². The van der Waals surface area contributed by atoms with Crippen LogP contribution in [-0.4, -0.2) is 98.3 Å². The Morgan fingerprint density at radius 1 is 1.11 bits per heavy atom. The predicted molar refractivity (Wildman–Crippen MR) is 164 cm³/mol. The molecule has 3 aliphatic heterocycles. The van der Waals surface area contributed by atoms with Crippen molar-refractivity contribution in [3.05, 3.63) is 60.2 Å². The van der Waals surface area contributed by atoms with Crippen LogP contribution >= 0.6 is 0 Å². The number of rotatable bonds is 12. The van der Waals surface area contributed by atoms with Gasteiger partial charge in [-0.15, -0.1) is 0 Å². The number of aliphatic hydroxyl groups is 1. The van der Waals surface area contributed by atoms with Crippen LogP contribution in [0.4, 0.5) is 10.5 Å². The lowest BCUT2D eigenvalue weighted by Crippen LogP contribution is -2.57. The van der Waals surface area contributed by atoms with Crippen LogP contribution in [0.25, 0.3) is 0 Å². The van der Waals surface area contributed by atoms with Crippen molar-refractivity contribution in [2.24, 2.45) is 17.8 Å². The minimum absolute atomic E-state index is 0.0640. The van der Waals surface area contributed by atoms with Crippen molar-refractivity contribution in [3.63, 3.8) is 0 Å². The molecule has 3 saturated heterocycles. The molecule has 44 heavy (non-hydrogen) atoms. The fraction of sp³-hybridized carbons (Fsp3) is 0.594. The Kier molecular flexibility index (Phi) is 9.19. The quantitative estimate of drug-likeness (QED) is 0.302. The molecule has 2 aromatic carbocycles. The third kappa shape index (κ3) is 6.75. The van der Waals surface area contributed by atoms with Crippen molar-refractivity contribution in [1.82, 2.24) is 14.5 Å². The number of nitrogens with zero attached hydrogens (tertiary/aromatic N) is 2. The summed E-state index contributed by atoms with van der Waals surface area (Å²) in [4.78, 5) is 15.7. The molecule has 3 heterocycles. The molecule has 4 N–H and O–H groups in total. The van der Waals surface area contributed by atoms with E-state index in [0.29, 0.717) is 30.7 Å². The van der Waals surface area contributed by atoms with E-state index in [1.165, 1.54) is 16.4 Å². The summed E-state index contributed by atoms with van der Waals surface area (Å²) < 4.78 is 46.9. The number of nitrogens with one attached hydrogen (secondary N) is 1. The molecule has 240 valence electrons. The molecule has 0 radical (unpaired) electrons. The Labute approximate surface area is 259 Å². The Balaban J connectivity index is 1.19. The molecule has 0 spiro atoms. The van der Waals surface area contributed by atoms with Gasteiger partial charge in [-0.25, -0.2) is 13.2 Å². The zero-order valence-electron chi connectivity index (χ0n) is 25.3. The van der Waals surface area contributed by atoms with Gasteiger partial charge in [-0.1, -0.05) is 30.3 Å². The molecule has 4 aliphatic rings. The lowest BCUT2D eigenvalue weighted by Gasteiger charge is -2.44. The number of aliphatic hydroxyl groups excluding tert-OH is 1. The number of nitrogen functional groups attached to an aromatic ring is 1. The fourth-order valence-electron chi connectivity index (χ4n) is 7.01. The average molecular weight is 629 g/mol. The lowest BCUT2D eigenvalue weighted by molar-refractivity contribution is -0.153. The van der Waals surface area contributed by atoms with Gasteiger partial charge < -0.3 is 35.3 Å². The van der Waals surface area contributed by atoms with Crippen molar-refractivity contribution in [3.8, 4) is 0 Å². The van der Waals surface area contributed by atoms with Crippen LogP contribution in [-0.2, 0) is 30.7 Å². The summed E-state index contributed by atoms with van der Waals surface area (Å²) >= 11 is 0. The van der Waals surface area contributed by atoms with Crippen molar-refractivity contribution in [2.75, 3.05) is 38.5 Å². The molecular weight excluding hydrogens is 584 g/mol. The van der Waals surface area contributed by atoms with E-state index in [4.69, 9.17) is 19.9 Å². The molecule has 3 bridgehead atoms. The number of sulfonamides is 1. The summed E-state index contributed by atoms with van der Waals surface area (Å²) in [6.45, 7) is 6.32. The molecule has 4 fully saturated rings. The van der Waals surface area contributed by atoms with Crippen LogP contribution in [0, 0.1) is 17.8 Å². The first-order valence-electron chi connectivity index (χ1n) is 15.6. The number of nitrogens with two attached hydrogens (primary N) is 1. The van der Waals surface area contributed by atoms with E-state index in [1.807, 2.05) is 30.3 Å². The van der Waals surface area contributed by atoms with Gasteiger partial charge in [-0.3, -0.25) is 0 Å². The average Bonchev–Trinajstić information content (AvgIpc) is 3.27. The third-order valence-electron chi connectivity index (χ3n) is 9.54. The van der Waals surface area contributed by atoms with Gasteiger partial charge >= 0.3 is 6.09 Å². The third-order valence-corrected chi connectivity index (χ3v) is 11.4. The summed E-state index contributed by atoms with van der Waals surface area (Å²) in [6.07, 6.45) is -0.764. The Hall–Kier alpha value is -2.74. The highest BCUT2D eigenvalue weighted by Gasteiger charge is 2.53. The van der Waals surface area contributed by atoms with E-state index in [1.54, 1.807) is 12.1 Å². The number of anilines is 1. The molecule has 6 rings (SSSR count). The number of carbonyl (C=O) groups is 1. The Morgan fingerprint density at radius 2 is 1.84 bits per heavy atom. The first kappa shape index (κ1) is 31.3. The number of ether oxygens (including phenoxy) is 3. The van der Waals surface area contributed by atoms with Gasteiger partial charge in [0.05, 0.1) is 29.8 Å². The van der Waals surface area contributed by atoms with Crippen LogP contribution in [0.1, 0.15) is 32.3 Å². The SMILES string of the molecule is CC(C)N1CC(CN(CC(O)C(Cc2ccccc2)NC(=O)OC2C3COC4OC2CC4C3)S(=O)(=O)c2ccc(N)cc2)C1. The number of amides is 1. The molecule has 12 heteroatoms. The minimum atomic E-state index is -3.97. The first-order valence-corrected chi connectivity index (χ1v) is 17.1. The number of likely N-dealkylation sites (tertiary alicyclic amines) is 1. The standard InChI is InChI=1S/C32H44N4O7S/c1-20(2)35-15-22(16-35)17-36(44(39,40)26-10-8-25(33)9-11-26)18-28(37)27(12-21-6-4-3-5-7-21)34-32(38)43-30-24-13-23-14-29(30)42-31(23)41-19-24/h3-11,20,22-24,27-31,37H,12-19,33H2,1-2H3,(H,34,38). The van der Waals surface area contributed by atoms with Gasteiger partial charge in [0, 0.05) is 49.7 Å². The van der Waals surface area contributed by atoms with Gasteiger partial charge in [0.15, 0.2) is 6.29 Å². The van der Waals surface area contributed by atoms with Crippen molar-refractivity contribution in [1.29, 1.82) is 0 Å². The van der Waals surface area contributed by atoms with Crippen LogP contribution in [0.15, 0.2) is 59.5 Å². The van der Waals surface area contributed by atoms with Crippen LogP contribution < -0.4 is 11.1 Å². The van der Waals surface area contributed by atoms with E-state index in [2.05, 4.69) is 24.1 Å². The Bertz CT molecular complexity index is 1380. The second kappa shape index (κ2) is 12.9. The van der Waals surface area contributed by atoms with Gasteiger partial charge in [-0.05, 0) is 68.9 Å². The summed E-state index contributed by atoms with van der Waals surface area (Å²) in [5.41, 5.74) is 7.18. The van der Waals surface area contributed by atoms with Crippen LogP contribution in [0.5, 0.6) is 0 Å². The molecule has 2 aromatic rings. The zero-order valence-corrected chi connectivity index (χ0v) is 26.1. The second-order valence-electron chi connectivity index (χ2n) is 13.1. The maximum atomic E-state index is 13.9. The van der Waals surface area contributed by atoms with Crippen molar-refractivity contribution in [2.45, 2.75) is 74.7 Å². The summed E-state index contributed by atoms with van der Waals surface area (Å²) in [5.74, 6) is 0.526. The summed E-state index contributed by atoms with van der Waals surface area (Å²) in [7, 11) is -3.97. The summed E-state index contributed by atoms with van der Waals surface area (Å²) in [5, 5.41) is 14.5. The predicted octanol–water partition coefficient (Wildman–Crippen LogP) is 2.45. The van der Waals surface area contributed by atoms with E-state index < -0.39 is 34.4 Å². The van der Waals surface area contributed by atoms with Gasteiger partial charge in [0.2, 0.25) is 10.0 Å². The monoisotopic (exact) mass is 628 g/mol. The number of hydrogen-bond acceptors (Lipinski definition) is 9.